The van der Waals surface area contributed by atoms with Crippen molar-refractivity contribution in [3.05, 3.63) is 0 Å². The van der Waals surface area contributed by atoms with Crippen LogP contribution < -0.4 is 0 Å². The van der Waals surface area contributed by atoms with Gasteiger partial charge >= 0.3 is 0 Å². The Morgan fingerprint density at radius 3 is 2.07 bits per heavy atom. The molecule has 0 aromatic carbocycles. The highest BCUT2D eigenvalue weighted by molar-refractivity contribution is 4.82. The van der Waals surface area contributed by atoms with Crippen LogP contribution in [-0.2, 0) is 0 Å². The Morgan fingerprint density at radius 1 is 1.07 bits per heavy atom. The van der Waals surface area contributed by atoms with Gasteiger partial charge in [0.25, 0.3) is 0 Å². The molecule has 14 heavy (non-hydrogen) atoms. The van der Waals surface area contributed by atoms with Gasteiger partial charge in [-0.2, -0.15) is 0 Å². The van der Waals surface area contributed by atoms with Crippen molar-refractivity contribution in [3.8, 4) is 0 Å². The summed E-state index contributed by atoms with van der Waals surface area (Å²) >= 11 is 0. The first-order chi connectivity index (χ1) is 6.50. The van der Waals surface area contributed by atoms with Gasteiger partial charge in [-0.25, -0.2) is 0 Å². The standard InChI is InChI=1S/C13H27N/c1-10(2)12(5)6-7-13-8-14(9-13)11(3)4/h10-13H,6-9H2,1-5H3. The zero-order valence-electron chi connectivity index (χ0n) is 10.6. The molecule has 0 N–H and O–H groups in total. The van der Waals surface area contributed by atoms with E-state index in [9.17, 15) is 0 Å². The quantitative estimate of drug-likeness (QED) is 0.653. The lowest BCUT2D eigenvalue weighted by Crippen LogP contribution is -2.50. The lowest BCUT2D eigenvalue weighted by molar-refractivity contribution is 0.0579. The first-order valence-electron chi connectivity index (χ1n) is 6.24. The van der Waals surface area contributed by atoms with Crippen LogP contribution in [0.2, 0.25) is 0 Å². The summed E-state index contributed by atoms with van der Waals surface area (Å²) in [7, 11) is 0. The Bertz CT molecular complexity index is 157. The van der Waals surface area contributed by atoms with Crippen molar-refractivity contribution in [1.29, 1.82) is 0 Å². The maximum Gasteiger partial charge on any atom is 0.00388 e. The van der Waals surface area contributed by atoms with E-state index in [1.165, 1.54) is 25.9 Å². The van der Waals surface area contributed by atoms with Gasteiger partial charge < -0.3 is 4.90 Å². The second-order valence-corrected chi connectivity index (χ2v) is 5.71. The zero-order valence-corrected chi connectivity index (χ0v) is 10.6. The monoisotopic (exact) mass is 197 g/mol. The van der Waals surface area contributed by atoms with Crippen LogP contribution in [0.5, 0.6) is 0 Å². The molecule has 1 fully saturated rings. The molecular formula is C13H27N. The number of rotatable bonds is 5. The molecule has 0 radical (unpaired) electrons. The zero-order chi connectivity index (χ0) is 10.7. The minimum absolute atomic E-state index is 0.758. The molecule has 0 spiro atoms. The van der Waals surface area contributed by atoms with Gasteiger partial charge in [-0.15, -0.1) is 0 Å². The van der Waals surface area contributed by atoms with Crippen molar-refractivity contribution >= 4 is 0 Å². The van der Waals surface area contributed by atoms with Crippen LogP contribution in [0.25, 0.3) is 0 Å². The minimum atomic E-state index is 0.758. The first kappa shape index (κ1) is 12.0. The second kappa shape index (κ2) is 5.16. The van der Waals surface area contributed by atoms with Crippen molar-refractivity contribution in [2.24, 2.45) is 17.8 Å². The molecule has 1 atom stereocenters. The highest BCUT2D eigenvalue weighted by atomic mass is 15.2. The van der Waals surface area contributed by atoms with E-state index in [4.69, 9.17) is 0 Å². The Morgan fingerprint density at radius 2 is 1.64 bits per heavy atom. The molecule has 1 aliphatic heterocycles. The van der Waals surface area contributed by atoms with Gasteiger partial charge in [-0.1, -0.05) is 27.2 Å². The molecule has 0 aromatic rings. The molecule has 1 nitrogen and oxygen atoms in total. The maximum atomic E-state index is 2.57. The lowest BCUT2D eigenvalue weighted by Gasteiger charge is -2.42. The molecule has 1 saturated heterocycles. The van der Waals surface area contributed by atoms with E-state index in [0.29, 0.717) is 0 Å². The molecule has 84 valence electrons. The largest absolute Gasteiger partial charge is 0.300 e. The third-order valence-corrected chi connectivity index (χ3v) is 3.88. The van der Waals surface area contributed by atoms with Crippen LogP contribution >= 0.6 is 0 Å². The van der Waals surface area contributed by atoms with E-state index in [-0.39, 0.29) is 0 Å². The maximum absolute atomic E-state index is 2.57. The topological polar surface area (TPSA) is 3.24 Å². The van der Waals surface area contributed by atoms with Gasteiger partial charge in [0.1, 0.15) is 0 Å². The predicted molar refractivity (Wildman–Crippen MR) is 63.4 cm³/mol. The fourth-order valence-corrected chi connectivity index (χ4v) is 2.05. The fourth-order valence-electron chi connectivity index (χ4n) is 2.05. The van der Waals surface area contributed by atoms with Gasteiger partial charge in [0.2, 0.25) is 0 Å². The minimum Gasteiger partial charge on any atom is -0.300 e. The summed E-state index contributed by atoms with van der Waals surface area (Å²) in [6, 6.07) is 0.758. The number of hydrogen-bond donors (Lipinski definition) is 0. The molecule has 0 saturated carbocycles. The molecule has 1 heterocycles. The third kappa shape index (κ3) is 3.27. The second-order valence-electron chi connectivity index (χ2n) is 5.71. The lowest BCUT2D eigenvalue weighted by atomic mass is 9.86. The van der Waals surface area contributed by atoms with Crippen LogP contribution in [0.4, 0.5) is 0 Å². The van der Waals surface area contributed by atoms with E-state index >= 15 is 0 Å². The van der Waals surface area contributed by atoms with Crippen molar-refractivity contribution in [1.82, 2.24) is 4.90 Å². The molecule has 1 heteroatoms. The molecule has 1 aliphatic rings. The number of likely N-dealkylation sites (tertiary alicyclic amines) is 1. The van der Waals surface area contributed by atoms with Gasteiger partial charge in [0.05, 0.1) is 0 Å². The molecule has 0 amide bonds. The van der Waals surface area contributed by atoms with Gasteiger partial charge in [-0.05, 0) is 38.0 Å². The Labute approximate surface area is 89.9 Å². The van der Waals surface area contributed by atoms with Crippen LogP contribution in [0, 0.1) is 17.8 Å². The summed E-state index contributed by atoms with van der Waals surface area (Å²) in [4.78, 5) is 2.57. The van der Waals surface area contributed by atoms with Crippen LogP contribution in [-0.4, -0.2) is 24.0 Å². The highest BCUT2D eigenvalue weighted by Gasteiger charge is 2.28. The summed E-state index contributed by atoms with van der Waals surface area (Å²) < 4.78 is 0. The molecule has 0 bridgehead atoms. The van der Waals surface area contributed by atoms with Gasteiger partial charge in [0, 0.05) is 19.1 Å². The average molecular weight is 197 g/mol. The number of nitrogens with zero attached hydrogens (tertiary/aromatic N) is 1. The SMILES string of the molecule is CC(C)C(C)CCC1CN(C(C)C)C1. The van der Waals surface area contributed by atoms with E-state index in [1.54, 1.807) is 0 Å². The predicted octanol–water partition coefficient (Wildman–Crippen LogP) is 3.40. The Kier molecular flexibility index (Phi) is 4.43. The first-order valence-corrected chi connectivity index (χ1v) is 6.24. The Hall–Kier alpha value is -0.0400. The van der Waals surface area contributed by atoms with E-state index in [1.807, 2.05) is 0 Å². The normalized spacial score (nSPS) is 21.6. The van der Waals surface area contributed by atoms with Crippen molar-refractivity contribution in [3.63, 3.8) is 0 Å². The number of hydrogen-bond acceptors (Lipinski definition) is 1. The summed E-state index contributed by atoms with van der Waals surface area (Å²) in [5.74, 6) is 2.76. The molecule has 0 aromatic heterocycles. The molecular weight excluding hydrogens is 170 g/mol. The van der Waals surface area contributed by atoms with E-state index < -0.39 is 0 Å². The average Bonchev–Trinajstić information content (AvgIpc) is 1.99. The highest BCUT2D eigenvalue weighted by Crippen LogP contribution is 2.26. The summed E-state index contributed by atoms with van der Waals surface area (Å²) in [5, 5.41) is 0. The van der Waals surface area contributed by atoms with Crippen molar-refractivity contribution < 1.29 is 0 Å². The van der Waals surface area contributed by atoms with Crippen molar-refractivity contribution in [2.75, 3.05) is 13.1 Å². The summed E-state index contributed by atoms with van der Waals surface area (Å²) in [6.07, 6.45) is 2.87. The molecule has 1 rings (SSSR count). The van der Waals surface area contributed by atoms with Crippen LogP contribution in [0.3, 0.4) is 0 Å². The van der Waals surface area contributed by atoms with E-state index in [2.05, 4.69) is 39.5 Å². The fraction of sp³-hybridized carbons (Fsp3) is 1.00. The van der Waals surface area contributed by atoms with Gasteiger partial charge in [-0.3, -0.25) is 0 Å². The van der Waals surface area contributed by atoms with Crippen LogP contribution in [0.1, 0.15) is 47.5 Å². The summed E-state index contributed by atoms with van der Waals surface area (Å²) in [6.45, 7) is 14.4. The smallest absolute Gasteiger partial charge is 0.00388 e. The third-order valence-electron chi connectivity index (χ3n) is 3.88. The Balaban J connectivity index is 2.06. The molecule has 0 aliphatic carbocycles. The van der Waals surface area contributed by atoms with Gasteiger partial charge in [0.15, 0.2) is 0 Å². The molecule has 1 unspecified atom stereocenters. The van der Waals surface area contributed by atoms with Crippen LogP contribution in [0.15, 0.2) is 0 Å². The van der Waals surface area contributed by atoms with E-state index in [0.717, 1.165) is 23.8 Å². The summed E-state index contributed by atoms with van der Waals surface area (Å²) in [5.41, 5.74) is 0. The van der Waals surface area contributed by atoms with Crippen molar-refractivity contribution in [2.45, 2.75) is 53.5 Å².